The first-order valence-corrected chi connectivity index (χ1v) is 9.45. The second-order valence-electron chi connectivity index (χ2n) is 5.78. The molecule has 1 amide bonds. The van der Waals surface area contributed by atoms with Crippen molar-refractivity contribution in [2.45, 2.75) is 11.0 Å². The number of methoxy groups -OCH3 is 1. The van der Waals surface area contributed by atoms with Crippen molar-refractivity contribution in [1.29, 1.82) is 0 Å². The van der Waals surface area contributed by atoms with E-state index in [9.17, 15) is 13.2 Å². The van der Waals surface area contributed by atoms with Gasteiger partial charge in [0.15, 0.2) is 5.75 Å². The average Bonchev–Trinajstić information content (AvgIpc) is 2.60. The lowest BCUT2D eigenvalue weighted by atomic mass is 10.2. The maximum atomic E-state index is 13.1. The summed E-state index contributed by atoms with van der Waals surface area (Å²) in [6.45, 7) is 0.771. The number of halogens is 1. The van der Waals surface area contributed by atoms with Crippen LogP contribution in [-0.2, 0) is 14.8 Å². The summed E-state index contributed by atoms with van der Waals surface area (Å²) in [6, 6.07) is 2.68. The van der Waals surface area contributed by atoms with Gasteiger partial charge in [0.1, 0.15) is 4.90 Å². The van der Waals surface area contributed by atoms with Crippen molar-refractivity contribution in [2.24, 2.45) is 5.73 Å². The number of rotatable bonds is 5. The molecular weight excluding hydrogens is 370 g/mol. The standard InChI is InChI=1S/C15H22ClN3O5S/c1-18(2)15(20)12-6-10(16)7-13(14(12)23-3)25(21,22)19-4-5-24-11(8-17)9-19/h6-7,11H,4-5,8-9,17H2,1-3H3. The second-order valence-corrected chi connectivity index (χ2v) is 8.12. The van der Waals surface area contributed by atoms with E-state index in [1.165, 1.54) is 28.4 Å². The van der Waals surface area contributed by atoms with E-state index < -0.39 is 15.9 Å². The zero-order chi connectivity index (χ0) is 18.8. The molecule has 0 radical (unpaired) electrons. The van der Waals surface area contributed by atoms with E-state index in [0.717, 1.165) is 0 Å². The van der Waals surface area contributed by atoms with E-state index in [4.69, 9.17) is 26.8 Å². The van der Waals surface area contributed by atoms with Gasteiger partial charge in [0, 0.05) is 38.8 Å². The van der Waals surface area contributed by atoms with Crippen molar-refractivity contribution < 1.29 is 22.7 Å². The van der Waals surface area contributed by atoms with Gasteiger partial charge in [-0.15, -0.1) is 0 Å². The lowest BCUT2D eigenvalue weighted by Gasteiger charge is -2.32. The van der Waals surface area contributed by atoms with Crippen LogP contribution in [0.1, 0.15) is 10.4 Å². The van der Waals surface area contributed by atoms with Gasteiger partial charge in [0.2, 0.25) is 10.0 Å². The Labute approximate surface area is 152 Å². The third-order valence-corrected chi connectivity index (χ3v) is 5.93. The van der Waals surface area contributed by atoms with Crippen LogP contribution in [0.15, 0.2) is 17.0 Å². The Morgan fingerprint density at radius 2 is 2.16 bits per heavy atom. The summed E-state index contributed by atoms with van der Waals surface area (Å²) in [5, 5.41) is 0.133. The van der Waals surface area contributed by atoms with Gasteiger partial charge in [0.05, 0.1) is 25.4 Å². The van der Waals surface area contributed by atoms with Crippen molar-refractivity contribution in [3.8, 4) is 5.75 Å². The highest BCUT2D eigenvalue weighted by Crippen LogP contribution is 2.34. The Kier molecular flexibility index (Phi) is 6.28. The van der Waals surface area contributed by atoms with E-state index in [1.807, 2.05) is 0 Å². The lowest BCUT2D eigenvalue weighted by Crippen LogP contribution is -2.48. The molecule has 0 aliphatic carbocycles. The average molecular weight is 392 g/mol. The van der Waals surface area contributed by atoms with Crippen molar-refractivity contribution >= 4 is 27.5 Å². The number of morpholine rings is 1. The third-order valence-electron chi connectivity index (χ3n) is 3.84. The lowest BCUT2D eigenvalue weighted by molar-refractivity contribution is 0.00446. The molecular formula is C15H22ClN3O5S. The molecule has 0 spiro atoms. The number of ether oxygens (including phenoxy) is 2. The van der Waals surface area contributed by atoms with Gasteiger partial charge in [-0.05, 0) is 12.1 Å². The van der Waals surface area contributed by atoms with Gasteiger partial charge in [-0.25, -0.2) is 8.42 Å². The summed E-state index contributed by atoms with van der Waals surface area (Å²) < 4.78 is 38.1. The van der Waals surface area contributed by atoms with Crippen molar-refractivity contribution in [2.75, 3.05) is 47.4 Å². The first-order valence-electron chi connectivity index (χ1n) is 7.63. The Bertz CT molecular complexity index is 754. The number of sulfonamides is 1. The van der Waals surface area contributed by atoms with Crippen LogP contribution in [0, 0.1) is 0 Å². The molecule has 0 saturated carbocycles. The zero-order valence-electron chi connectivity index (χ0n) is 14.4. The maximum Gasteiger partial charge on any atom is 0.257 e. The normalized spacial score (nSPS) is 18.8. The molecule has 1 aliphatic rings. The summed E-state index contributed by atoms with van der Waals surface area (Å²) >= 11 is 6.07. The van der Waals surface area contributed by atoms with Crippen LogP contribution in [0.3, 0.4) is 0 Å². The van der Waals surface area contributed by atoms with Gasteiger partial charge < -0.3 is 20.1 Å². The number of amides is 1. The van der Waals surface area contributed by atoms with E-state index in [-0.39, 0.29) is 53.6 Å². The monoisotopic (exact) mass is 391 g/mol. The van der Waals surface area contributed by atoms with E-state index in [1.54, 1.807) is 14.1 Å². The van der Waals surface area contributed by atoms with E-state index >= 15 is 0 Å². The minimum absolute atomic E-state index is 0.0288. The third kappa shape index (κ3) is 4.06. The SMILES string of the molecule is COc1c(C(=O)N(C)C)cc(Cl)cc1S(=O)(=O)N1CCOC(CN)C1. The van der Waals surface area contributed by atoms with Gasteiger partial charge in [-0.1, -0.05) is 11.6 Å². The molecule has 1 fully saturated rings. The van der Waals surface area contributed by atoms with Crippen LogP contribution in [0.2, 0.25) is 5.02 Å². The van der Waals surface area contributed by atoms with Crippen molar-refractivity contribution in [3.05, 3.63) is 22.7 Å². The highest BCUT2D eigenvalue weighted by Gasteiger charge is 2.34. The van der Waals surface area contributed by atoms with Crippen LogP contribution < -0.4 is 10.5 Å². The molecule has 140 valence electrons. The first-order chi connectivity index (χ1) is 11.7. The number of nitrogens with two attached hydrogens (primary N) is 1. The molecule has 1 unspecified atom stereocenters. The second kappa shape index (κ2) is 7.88. The minimum Gasteiger partial charge on any atom is -0.494 e. The number of hydrogen-bond donors (Lipinski definition) is 1. The largest absolute Gasteiger partial charge is 0.494 e. The Morgan fingerprint density at radius 1 is 1.48 bits per heavy atom. The minimum atomic E-state index is -3.93. The summed E-state index contributed by atoms with van der Waals surface area (Å²) in [6.07, 6.45) is -0.378. The number of carbonyl (C=O) groups excluding carboxylic acids is 1. The molecule has 25 heavy (non-hydrogen) atoms. The highest BCUT2D eigenvalue weighted by atomic mass is 35.5. The number of nitrogens with zero attached hydrogens (tertiary/aromatic N) is 2. The van der Waals surface area contributed by atoms with Gasteiger partial charge in [0.25, 0.3) is 5.91 Å². The fourth-order valence-electron chi connectivity index (χ4n) is 2.56. The Hall–Kier alpha value is -1.39. The number of hydrogen-bond acceptors (Lipinski definition) is 6. The first kappa shape index (κ1) is 19.9. The van der Waals surface area contributed by atoms with Crippen LogP contribution in [0.4, 0.5) is 0 Å². The fraction of sp³-hybridized carbons (Fsp3) is 0.533. The quantitative estimate of drug-likeness (QED) is 0.779. The van der Waals surface area contributed by atoms with Crippen molar-refractivity contribution in [1.82, 2.24) is 9.21 Å². The maximum absolute atomic E-state index is 13.1. The fourth-order valence-corrected chi connectivity index (χ4v) is 4.50. The molecule has 0 aromatic heterocycles. The van der Waals surface area contributed by atoms with Crippen LogP contribution >= 0.6 is 11.6 Å². The predicted octanol–water partition coefficient (Wildman–Crippen LogP) is 0.399. The van der Waals surface area contributed by atoms with E-state index in [0.29, 0.717) is 0 Å². The summed E-state index contributed by atoms with van der Waals surface area (Å²) in [5.74, 6) is -0.434. The highest BCUT2D eigenvalue weighted by molar-refractivity contribution is 7.89. The Morgan fingerprint density at radius 3 is 2.72 bits per heavy atom. The van der Waals surface area contributed by atoms with E-state index in [2.05, 4.69) is 0 Å². The van der Waals surface area contributed by atoms with Crippen LogP contribution in [0.25, 0.3) is 0 Å². The molecule has 1 aliphatic heterocycles. The summed E-state index contributed by atoms with van der Waals surface area (Å²) in [5.41, 5.74) is 5.67. The molecule has 8 nitrogen and oxygen atoms in total. The van der Waals surface area contributed by atoms with Crippen LogP contribution in [-0.4, -0.2) is 77.1 Å². The zero-order valence-corrected chi connectivity index (χ0v) is 15.9. The molecule has 2 N–H and O–H groups in total. The number of carbonyl (C=O) groups is 1. The molecule has 1 aromatic rings. The molecule has 0 bridgehead atoms. The molecule has 1 heterocycles. The van der Waals surface area contributed by atoms with Gasteiger partial charge in [-0.2, -0.15) is 4.31 Å². The Balaban J connectivity index is 2.55. The van der Waals surface area contributed by atoms with Crippen molar-refractivity contribution in [3.63, 3.8) is 0 Å². The van der Waals surface area contributed by atoms with Crippen LogP contribution in [0.5, 0.6) is 5.75 Å². The molecule has 2 rings (SSSR count). The topological polar surface area (TPSA) is 102 Å². The predicted molar refractivity (Wildman–Crippen MR) is 93.6 cm³/mol. The van der Waals surface area contributed by atoms with Gasteiger partial charge >= 0.3 is 0 Å². The molecule has 1 saturated heterocycles. The molecule has 1 atom stereocenters. The van der Waals surface area contributed by atoms with Gasteiger partial charge in [-0.3, -0.25) is 4.79 Å². The molecule has 1 aromatic carbocycles. The number of benzene rings is 1. The smallest absolute Gasteiger partial charge is 0.257 e. The summed E-state index contributed by atoms with van der Waals surface area (Å²) in [4.78, 5) is 13.5. The summed E-state index contributed by atoms with van der Waals surface area (Å²) in [7, 11) is 0.502. The molecule has 10 heteroatoms.